The molecule has 0 unspecified atom stereocenters. The molecule has 0 bridgehead atoms. The number of hydrogen-bond donors (Lipinski definition) is 1. The Balaban J connectivity index is 1.54. The molecule has 0 aliphatic carbocycles. The van der Waals surface area contributed by atoms with Crippen LogP contribution in [0.1, 0.15) is 30.0 Å². The summed E-state index contributed by atoms with van der Waals surface area (Å²) in [5.74, 6) is 0.541. The van der Waals surface area contributed by atoms with Crippen LogP contribution in [0.15, 0.2) is 48.5 Å². The summed E-state index contributed by atoms with van der Waals surface area (Å²) in [7, 11) is 0. The van der Waals surface area contributed by atoms with E-state index < -0.39 is 0 Å². The lowest BCUT2D eigenvalue weighted by Crippen LogP contribution is -2.38. The minimum atomic E-state index is -0.113. The molecule has 5 heteroatoms. The van der Waals surface area contributed by atoms with E-state index >= 15 is 0 Å². The summed E-state index contributed by atoms with van der Waals surface area (Å²) >= 11 is 6.01. The number of likely N-dealkylation sites (tertiary alicyclic amines) is 1. The average molecular weight is 373 g/mol. The molecule has 0 aromatic heterocycles. The molecular weight excluding hydrogens is 348 g/mol. The first kappa shape index (κ1) is 18.7. The third-order valence-corrected chi connectivity index (χ3v) is 5.18. The number of carbonyl (C=O) groups excluding carboxylic acids is 1. The first-order chi connectivity index (χ1) is 12.6. The molecule has 1 saturated heterocycles. The third kappa shape index (κ3) is 4.99. The highest BCUT2D eigenvalue weighted by Gasteiger charge is 2.23. The molecule has 1 heterocycles. The van der Waals surface area contributed by atoms with Crippen molar-refractivity contribution in [3.8, 4) is 5.75 Å². The largest absolute Gasteiger partial charge is 0.484 e. The van der Waals surface area contributed by atoms with Crippen LogP contribution in [0.3, 0.4) is 0 Å². The van der Waals surface area contributed by atoms with Crippen molar-refractivity contribution in [2.24, 2.45) is 0 Å². The second kappa shape index (κ2) is 9.06. The van der Waals surface area contributed by atoms with Gasteiger partial charge in [0.25, 0.3) is 5.91 Å². The Morgan fingerprint density at radius 2 is 1.92 bits per heavy atom. The molecule has 1 N–H and O–H groups in total. The molecule has 1 amide bonds. The zero-order valence-electron chi connectivity index (χ0n) is 15.1. The Morgan fingerprint density at radius 1 is 1.19 bits per heavy atom. The minimum Gasteiger partial charge on any atom is -0.484 e. The highest BCUT2D eigenvalue weighted by atomic mass is 35.5. The van der Waals surface area contributed by atoms with Crippen LogP contribution in [0.25, 0.3) is 0 Å². The maximum Gasteiger partial charge on any atom is 0.258 e. The molecular formula is C21H25ClN2O2. The fourth-order valence-corrected chi connectivity index (χ4v) is 3.42. The van der Waals surface area contributed by atoms with Gasteiger partial charge < -0.3 is 10.1 Å². The second-order valence-corrected chi connectivity index (χ2v) is 7.08. The van der Waals surface area contributed by atoms with Gasteiger partial charge in [-0.2, -0.15) is 0 Å². The Labute approximate surface area is 160 Å². The zero-order chi connectivity index (χ0) is 18.4. The number of benzene rings is 2. The molecule has 0 radical (unpaired) electrons. The molecule has 4 nitrogen and oxygen atoms in total. The first-order valence-electron chi connectivity index (χ1n) is 9.08. The molecule has 26 heavy (non-hydrogen) atoms. The van der Waals surface area contributed by atoms with Crippen LogP contribution in [-0.4, -0.2) is 37.0 Å². The number of ether oxygens (including phenoxy) is 1. The second-order valence-electron chi connectivity index (χ2n) is 6.67. The number of carbonyl (C=O) groups is 1. The highest BCUT2D eigenvalue weighted by molar-refractivity contribution is 6.31. The van der Waals surface area contributed by atoms with Crippen molar-refractivity contribution in [3.05, 3.63) is 64.7 Å². The topological polar surface area (TPSA) is 41.6 Å². The number of amides is 1. The number of hydrogen-bond acceptors (Lipinski definition) is 3. The number of aryl methyl sites for hydroxylation is 1. The lowest BCUT2D eigenvalue weighted by Gasteiger charge is -2.28. The molecule has 0 saturated carbocycles. The van der Waals surface area contributed by atoms with Crippen LogP contribution in [0.5, 0.6) is 5.75 Å². The molecule has 1 aliphatic rings. The van der Waals surface area contributed by atoms with E-state index in [-0.39, 0.29) is 18.6 Å². The lowest BCUT2D eigenvalue weighted by atomic mass is 10.1. The number of nitrogens with zero attached hydrogens (tertiary/aromatic N) is 1. The van der Waals surface area contributed by atoms with Crippen molar-refractivity contribution in [1.82, 2.24) is 10.2 Å². The maximum absolute atomic E-state index is 12.2. The van der Waals surface area contributed by atoms with Crippen molar-refractivity contribution in [2.75, 3.05) is 26.2 Å². The van der Waals surface area contributed by atoms with E-state index in [4.69, 9.17) is 16.3 Å². The lowest BCUT2D eigenvalue weighted by molar-refractivity contribution is -0.123. The van der Waals surface area contributed by atoms with Gasteiger partial charge >= 0.3 is 0 Å². The van der Waals surface area contributed by atoms with E-state index in [2.05, 4.69) is 22.3 Å². The zero-order valence-corrected chi connectivity index (χ0v) is 15.8. The number of halogens is 1. The SMILES string of the molecule is Cc1cc(OCC(=O)NC[C@H](c2ccccc2)N2CCCC2)ccc1Cl. The van der Waals surface area contributed by atoms with E-state index in [1.54, 1.807) is 12.1 Å². The van der Waals surface area contributed by atoms with Gasteiger partial charge in [-0.1, -0.05) is 41.9 Å². The maximum atomic E-state index is 12.2. The van der Waals surface area contributed by atoms with Crippen molar-refractivity contribution < 1.29 is 9.53 Å². The van der Waals surface area contributed by atoms with Gasteiger partial charge in [-0.25, -0.2) is 0 Å². The van der Waals surface area contributed by atoms with Gasteiger partial charge in [0, 0.05) is 11.6 Å². The minimum absolute atomic E-state index is 0.00256. The highest BCUT2D eigenvalue weighted by Crippen LogP contribution is 2.24. The molecule has 2 aromatic carbocycles. The van der Waals surface area contributed by atoms with Crippen molar-refractivity contribution in [3.63, 3.8) is 0 Å². The average Bonchev–Trinajstić information content (AvgIpc) is 3.18. The fourth-order valence-electron chi connectivity index (χ4n) is 3.30. The van der Waals surface area contributed by atoms with Crippen LogP contribution >= 0.6 is 11.6 Å². The van der Waals surface area contributed by atoms with Crippen molar-refractivity contribution in [2.45, 2.75) is 25.8 Å². The Kier molecular flexibility index (Phi) is 6.53. The smallest absolute Gasteiger partial charge is 0.258 e. The van der Waals surface area contributed by atoms with Crippen LogP contribution in [0, 0.1) is 6.92 Å². The van der Waals surface area contributed by atoms with Gasteiger partial charge in [0.15, 0.2) is 6.61 Å². The molecule has 3 rings (SSSR count). The van der Waals surface area contributed by atoms with Gasteiger partial charge in [0.2, 0.25) is 0 Å². The van der Waals surface area contributed by atoms with E-state index in [1.807, 2.05) is 31.2 Å². The third-order valence-electron chi connectivity index (χ3n) is 4.76. The van der Waals surface area contributed by atoms with Gasteiger partial charge in [-0.15, -0.1) is 0 Å². The van der Waals surface area contributed by atoms with Crippen molar-refractivity contribution in [1.29, 1.82) is 0 Å². The molecule has 1 atom stereocenters. The fraction of sp³-hybridized carbons (Fsp3) is 0.381. The first-order valence-corrected chi connectivity index (χ1v) is 9.46. The molecule has 1 fully saturated rings. The van der Waals surface area contributed by atoms with E-state index in [1.165, 1.54) is 18.4 Å². The summed E-state index contributed by atoms with van der Waals surface area (Å²) < 4.78 is 5.58. The van der Waals surface area contributed by atoms with E-state index in [9.17, 15) is 4.79 Å². The molecule has 0 spiro atoms. The van der Waals surface area contributed by atoms with E-state index in [0.29, 0.717) is 17.3 Å². The number of nitrogens with one attached hydrogen (secondary N) is 1. The van der Waals surface area contributed by atoms with Gasteiger partial charge in [-0.3, -0.25) is 9.69 Å². The quantitative estimate of drug-likeness (QED) is 0.799. The van der Waals surface area contributed by atoms with Crippen LogP contribution in [0.2, 0.25) is 5.02 Å². The Morgan fingerprint density at radius 3 is 2.62 bits per heavy atom. The predicted octanol–water partition coefficient (Wildman–Crippen LogP) is 3.98. The van der Waals surface area contributed by atoms with Crippen LogP contribution in [0.4, 0.5) is 0 Å². The summed E-state index contributed by atoms with van der Waals surface area (Å²) in [6.45, 7) is 4.66. The van der Waals surface area contributed by atoms with Gasteiger partial charge in [0.05, 0.1) is 6.04 Å². The van der Waals surface area contributed by atoms with Crippen LogP contribution in [-0.2, 0) is 4.79 Å². The molecule has 1 aliphatic heterocycles. The van der Waals surface area contributed by atoms with Crippen LogP contribution < -0.4 is 10.1 Å². The monoisotopic (exact) mass is 372 g/mol. The Bertz CT molecular complexity index is 730. The summed E-state index contributed by atoms with van der Waals surface area (Å²) in [6, 6.07) is 16.0. The predicted molar refractivity (Wildman–Crippen MR) is 105 cm³/mol. The Hall–Kier alpha value is -2.04. The van der Waals surface area contributed by atoms with Gasteiger partial charge in [-0.05, 0) is 62.2 Å². The van der Waals surface area contributed by atoms with E-state index in [0.717, 1.165) is 18.7 Å². The van der Waals surface area contributed by atoms with Gasteiger partial charge in [0.1, 0.15) is 5.75 Å². The summed E-state index contributed by atoms with van der Waals surface area (Å²) in [5.41, 5.74) is 2.17. The van der Waals surface area contributed by atoms with Crippen molar-refractivity contribution >= 4 is 17.5 Å². The normalized spacial score (nSPS) is 15.6. The molecule has 2 aromatic rings. The standard InChI is InChI=1S/C21H25ClN2O2/c1-16-13-18(9-10-19(16)22)26-15-21(25)23-14-20(24-11-5-6-12-24)17-7-3-2-4-8-17/h2-4,7-10,13,20H,5-6,11-12,14-15H2,1H3,(H,23,25)/t20-/m1/s1. The number of rotatable bonds is 7. The summed E-state index contributed by atoms with van der Waals surface area (Å²) in [4.78, 5) is 14.7. The molecule has 138 valence electrons. The summed E-state index contributed by atoms with van der Waals surface area (Å²) in [5, 5.41) is 3.72. The summed E-state index contributed by atoms with van der Waals surface area (Å²) in [6.07, 6.45) is 2.44.